The molecule has 1 rings (SSSR count). The van der Waals surface area contributed by atoms with Crippen molar-refractivity contribution in [2.45, 2.75) is 17.2 Å². The van der Waals surface area contributed by atoms with E-state index in [1.54, 1.807) is 0 Å². The Balaban J connectivity index is 2.94. The number of nitro groups is 1. The number of aromatic nitrogens is 1. The van der Waals surface area contributed by atoms with Gasteiger partial charge in [0.25, 0.3) is 0 Å². The summed E-state index contributed by atoms with van der Waals surface area (Å²) in [5.74, 6) is -1.03. The molecule has 0 aliphatic carbocycles. The number of pyridine rings is 1. The molecule has 0 aromatic carbocycles. The minimum Gasteiger partial charge on any atom is -0.480 e. The Labute approximate surface area is 89.5 Å². The predicted octanol–water partition coefficient (Wildman–Crippen LogP) is 1.56. The van der Waals surface area contributed by atoms with Crippen LogP contribution in [0.5, 0.6) is 0 Å². The molecule has 0 saturated carbocycles. The lowest BCUT2D eigenvalue weighted by molar-refractivity contribution is -0.388. The van der Waals surface area contributed by atoms with Gasteiger partial charge in [-0.1, -0.05) is 11.8 Å². The highest BCUT2D eigenvalue weighted by atomic mass is 32.2. The van der Waals surface area contributed by atoms with Crippen LogP contribution in [0.2, 0.25) is 0 Å². The summed E-state index contributed by atoms with van der Waals surface area (Å²) in [7, 11) is 0. The Morgan fingerprint density at radius 1 is 1.73 bits per heavy atom. The predicted molar refractivity (Wildman–Crippen MR) is 53.8 cm³/mol. The average Bonchev–Trinajstić information content (AvgIpc) is 2.18. The van der Waals surface area contributed by atoms with Gasteiger partial charge in [0.1, 0.15) is 5.25 Å². The first-order valence-electron chi connectivity index (χ1n) is 4.01. The second-order valence-corrected chi connectivity index (χ2v) is 4.01. The van der Waals surface area contributed by atoms with Gasteiger partial charge in [-0.05, 0) is 13.0 Å². The summed E-state index contributed by atoms with van der Waals surface area (Å²) in [6.07, 6.45) is 1.39. The summed E-state index contributed by atoms with van der Waals surface area (Å²) in [6, 6.07) is 2.73. The highest BCUT2D eigenvalue weighted by Gasteiger charge is 2.20. The molecule has 1 aromatic heterocycles. The monoisotopic (exact) mass is 228 g/mol. The number of carbonyl (C=O) groups is 1. The third-order valence-electron chi connectivity index (χ3n) is 1.58. The molecule has 0 radical (unpaired) electrons. The molecule has 1 N–H and O–H groups in total. The van der Waals surface area contributed by atoms with Crippen LogP contribution in [0.3, 0.4) is 0 Å². The molecule has 0 unspecified atom stereocenters. The van der Waals surface area contributed by atoms with E-state index < -0.39 is 16.1 Å². The van der Waals surface area contributed by atoms with E-state index in [0.717, 1.165) is 11.8 Å². The third kappa shape index (κ3) is 2.91. The summed E-state index contributed by atoms with van der Waals surface area (Å²) in [6.45, 7) is 1.45. The lowest BCUT2D eigenvalue weighted by atomic mass is 10.4. The maximum absolute atomic E-state index is 10.6. The fraction of sp³-hybridized carbons (Fsp3) is 0.250. The van der Waals surface area contributed by atoms with Crippen LogP contribution >= 0.6 is 11.8 Å². The largest absolute Gasteiger partial charge is 0.480 e. The van der Waals surface area contributed by atoms with Gasteiger partial charge in [-0.3, -0.25) is 14.9 Å². The molecule has 0 saturated heterocycles. The standard InChI is InChI=1S/C8H8N2O4S/c1-5(8(11)12)15-7-6(10(13)14)3-2-4-9-7/h2-5H,1H3,(H,11,12)/t5-/m0/s1. The topological polar surface area (TPSA) is 93.3 Å². The van der Waals surface area contributed by atoms with E-state index in [1.165, 1.54) is 25.3 Å². The van der Waals surface area contributed by atoms with Crippen LogP contribution in [-0.4, -0.2) is 26.2 Å². The zero-order chi connectivity index (χ0) is 11.4. The van der Waals surface area contributed by atoms with E-state index in [4.69, 9.17) is 5.11 Å². The quantitative estimate of drug-likeness (QED) is 0.477. The van der Waals surface area contributed by atoms with Gasteiger partial charge in [-0.2, -0.15) is 0 Å². The Bertz CT molecular complexity index is 396. The zero-order valence-electron chi connectivity index (χ0n) is 7.78. The van der Waals surface area contributed by atoms with Crippen molar-refractivity contribution >= 4 is 23.4 Å². The molecular formula is C8H8N2O4S. The first kappa shape index (κ1) is 11.4. The Morgan fingerprint density at radius 3 is 2.93 bits per heavy atom. The smallest absolute Gasteiger partial charge is 0.316 e. The Kier molecular flexibility index (Phi) is 3.62. The molecule has 1 heterocycles. The number of rotatable bonds is 4. The molecule has 0 fully saturated rings. The van der Waals surface area contributed by atoms with Crippen molar-refractivity contribution in [3.63, 3.8) is 0 Å². The molecular weight excluding hydrogens is 220 g/mol. The molecule has 0 bridgehead atoms. The van der Waals surface area contributed by atoms with E-state index >= 15 is 0 Å². The van der Waals surface area contributed by atoms with Crippen molar-refractivity contribution in [3.8, 4) is 0 Å². The van der Waals surface area contributed by atoms with Gasteiger partial charge < -0.3 is 5.11 Å². The highest BCUT2D eigenvalue weighted by Crippen LogP contribution is 2.29. The van der Waals surface area contributed by atoms with Crippen molar-refractivity contribution in [1.82, 2.24) is 4.98 Å². The maximum atomic E-state index is 10.6. The minimum absolute atomic E-state index is 0.123. The summed E-state index contributed by atoms with van der Waals surface area (Å²) in [5, 5.41) is 18.6. The molecule has 6 nitrogen and oxygen atoms in total. The molecule has 1 aromatic rings. The Hall–Kier alpha value is -1.63. The average molecular weight is 228 g/mol. The molecule has 1 atom stereocenters. The third-order valence-corrected chi connectivity index (χ3v) is 2.68. The van der Waals surface area contributed by atoms with Crippen LogP contribution in [0.1, 0.15) is 6.92 Å². The fourth-order valence-electron chi connectivity index (χ4n) is 0.830. The molecule has 0 spiro atoms. The SMILES string of the molecule is C[C@H](Sc1ncccc1[N+](=O)[O-])C(=O)O. The number of thioether (sulfide) groups is 1. The highest BCUT2D eigenvalue weighted by molar-refractivity contribution is 8.00. The summed E-state index contributed by atoms with van der Waals surface area (Å²) in [4.78, 5) is 24.3. The molecule has 15 heavy (non-hydrogen) atoms. The number of nitrogens with zero attached hydrogens (tertiary/aromatic N) is 2. The van der Waals surface area contributed by atoms with Crippen molar-refractivity contribution in [2.24, 2.45) is 0 Å². The van der Waals surface area contributed by atoms with E-state index in [2.05, 4.69) is 4.98 Å². The summed E-state index contributed by atoms with van der Waals surface area (Å²) >= 11 is 0.854. The van der Waals surface area contributed by atoms with E-state index in [-0.39, 0.29) is 10.7 Å². The summed E-state index contributed by atoms with van der Waals surface area (Å²) < 4.78 is 0. The molecule has 0 amide bonds. The van der Waals surface area contributed by atoms with Crippen LogP contribution < -0.4 is 0 Å². The first-order valence-corrected chi connectivity index (χ1v) is 4.89. The van der Waals surface area contributed by atoms with Crippen LogP contribution in [-0.2, 0) is 4.79 Å². The maximum Gasteiger partial charge on any atom is 0.316 e. The van der Waals surface area contributed by atoms with Gasteiger partial charge in [0, 0.05) is 12.3 Å². The van der Waals surface area contributed by atoms with Crippen LogP contribution in [0.25, 0.3) is 0 Å². The summed E-state index contributed by atoms with van der Waals surface area (Å²) in [5.41, 5.74) is -0.171. The van der Waals surface area contributed by atoms with Gasteiger partial charge in [-0.15, -0.1) is 0 Å². The van der Waals surface area contributed by atoms with Crippen molar-refractivity contribution in [1.29, 1.82) is 0 Å². The number of hydrogen-bond acceptors (Lipinski definition) is 5. The number of carboxylic acids is 1. The fourth-order valence-corrected chi connectivity index (χ4v) is 1.65. The van der Waals surface area contributed by atoms with Gasteiger partial charge in [0.15, 0.2) is 5.03 Å². The number of carboxylic acid groups (broad SMARTS) is 1. The lowest BCUT2D eigenvalue weighted by Gasteiger charge is -2.04. The lowest BCUT2D eigenvalue weighted by Crippen LogP contribution is -2.11. The van der Waals surface area contributed by atoms with E-state index in [9.17, 15) is 14.9 Å². The number of aliphatic carboxylic acids is 1. The van der Waals surface area contributed by atoms with E-state index in [0.29, 0.717) is 0 Å². The molecule has 7 heteroatoms. The van der Waals surface area contributed by atoms with Gasteiger partial charge >= 0.3 is 11.7 Å². The zero-order valence-corrected chi connectivity index (χ0v) is 8.60. The Morgan fingerprint density at radius 2 is 2.40 bits per heavy atom. The molecule has 80 valence electrons. The van der Waals surface area contributed by atoms with Gasteiger partial charge in [0.2, 0.25) is 0 Å². The van der Waals surface area contributed by atoms with Crippen LogP contribution in [0, 0.1) is 10.1 Å². The van der Waals surface area contributed by atoms with Crippen LogP contribution in [0.15, 0.2) is 23.4 Å². The second kappa shape index (κ2) is 4.74. The van der Waals surface area contributed by atoms with Crippen molar-refractivity contribution in [2.75, 3.05) is 0 Å². The minimum atomic E-state index is -1.03. The number of hydrogen-bond donors (Lipinski definition) is 1. The van der Waals surface area contributed by atoms with Crippen molar-refractivity contribution in [3.05, 3.63) is 28.4 Å². The van der Waals surface area contributed by atoms with E-state index in [1.807, 2.05) is 0 Å². The van der Waals surface area contributed by atoms with Crippen LogP contribution in [0.4, 0.5) is 5.69 Å². The first-order chi connectivity index (χ1) is 7.02. The normalized spacial score (nSPS) is 12.1. The second-order valence-electron chi connectivity index (χ2n) is 2.68. The van der Waals surface area contributed by atoms with Gasteiger partial charge in [0.05, 0.1) is 4.92 Å². The molecule has 0 aliphatic rings. The van der Waals surface area contributed by atoms with Gasteiger partial charge in [-0.25, -0.2) is 4.98 Å². The van der Waals surface area contributed by atoms with Crippen molar-refractivity contribution < 1.29 is 14.8 Å². The molecule has 0 aliphatic heterocycles.